The van der Waals surface area contributed by atoms with Gasteiger partial charge in [-0.25, -0.2) is 8.42 Å². The summed E-state index contributed by atoms with van der Waals surface area (Å²) in [6.45, 7) is 0. The molecule has 8 heteroatoms. The quantitative estimate of drug-likeness (QED) is 0.892. The van der Waals surface area contributed by atoms with Crippen molar-refractivity contribution in [2.45, 2.75) is 18.4 Å². The van der Waals surface area contributed by atoms with Crippen LogP contribution in [0.1, 0.15) is 5.56 Å². The molecule has 0 aliphatic carbocycles. The molecule has 0 spiro atoms. The molecular formula is C11H11F3O4S. The van der Waals surface area contributed by atoms with Gasteiger partial charge in [0, 0.05) is 0 Å². The first kappa shape index (κ1) is 14.1. The zero-order chi connectivity index (χ0) is 14.3. The van der Waals surface area contributed by atoms with Gasteiger partial charge in [0.05, 0.1) is 17.1 Å². The van der Waals surface area contributed by atoms with Gasteiger partial charge in [-0.15, -0.1) is 0 Å². The number of rotatable bonds is 2. The van der Waals surface area contributed by atoms with Gasteiger partial charge in [-0.05, 0) is 24.3 Å². The number of benzene rings is 1. The summed E-state index contributed by atoms with van der Waals surface area (Å²) in [6, 6.07) is 3.87. The summed E-state index contributed by atoms with van der Waals surface area (Å²) in [4.78, 5) is 0. The number of alkyl halides is 3. The molecule has 1 aliphatic rings. The molecule has 1 aliphatic heterocycles. The lowest BCUT2D eigenvalue weighted by atomic mass is 10.2. The Bertz CT molecular complexity index is 550. The highest BCUT2D eigenvalue weighted by Gasteiger charge is 2.38. The maximum atomic E-state index is 12.3. The topological polar surface area (TPSA) is 63.6 Å². The van der Waals surface area contributed by atoms with Gasteiger partial charge >= 0.3 is 6.18 Å². The number of sulfone groups is 1. The van der Waals surface area contributed by atoms with Gasteiger partial charge in [0.25, 0.3) is 0 Å². The van der Waals surface area contributed by atoms with Crippen LogP contribution >= 0.6 is 0 Å². The maximum absolute atomic E-state index is 12.3. The average Bonchev–Trinajstić information content (AvgIpc) is 2.51. The SMILES string of the molecule is O=S1(=O)CC(O)C(Oc2ccc(C(F)(F)F)cc2)C1. The van der Waals surface area contributed by atoms with Crippen molar-refractivity contribution in [3.8, 4) is 5.75 Å². The molecule has 4 nitrogen and oxygen atoms in total. The third kappa shape index (κ3) is 3.38. The highest BCUT2D eigenvalue weighted by atomic mass is 32.2. The Morgan fingerprint density at radius 1 is 1.16 bits per heavy atom. The Hall–Kier alpha value is -1.28. The average molecular weight is 296 g/mol. The number of ether oxygens (including phenoxy) is 1. The van der Waals surface area contributed by atoms with Crippen molar-refractivity contribution in [3.05, 3.63) is 29.8 Å². The van der Waals surface area contributed by atoms with Crippen LogP contribution in [0.5, 0.6) is 5.75 Å². The molecular weight excluding hydrogens is 285 g/mol. The van der Waals surface area contributed by atoms with Crippen molar-refractivity contribution in [2.75, 3.05) is 11.5 Å². The predicted molar refractivity (Wildman–Crippen MR) is 60.5 cm³/mol. The molecule has 2 rings (SSSR count). The van der Waals surface area contributed by atoms with Gasteiger partial charge in [-0.1, -0.05) is 0 Å². The summed E-state index contributed by atoms with van der Waals surface area (Å²) < 4.78 is 64.7. The van der Waals surface area contributed by atoms with E-state index in [0.29, 0.717) is 0 Å². The summed E-state index contributed by atoms with van der Waals surface area (Å²) in [5, 5.41) is 9.49. The molecule has 0 amide bonds. The van der Waals surface area contributed by atoms with E-state index in [-0.39, 0.29) is 11.5 Å². The summed E-state index contributed by atoms with van der Waals surface area (Å²) in [6.07, 6.45) is -6.54. The van der Waals surface area contributed by atoms with E-state index in [4.69, 9.17) is 4.74 Å². The standard InChI is InChI=1S/C11H11F3O4S/c12-11(13,14)7-1-3-8(4-2-7)18-10-6-19(16,17)5-9(10)15/h1-4,9-10,15H,5-6H2. The van der Waals surface area contributed by atoms with E-state index in [1.165, 1.54) is 0 Å². The van der Waals surface area contributed by atoms with Gasteiger partial charge < -0.3 is 9.84 Å². The molecule has 1 aromatic rings. The zero-order valence-electron chi connectivity index (χ0n) is 9.59. The Morgan fingerprint density at radius 2 is 1.74 bits per heavy atom. The van der Waals surface area contributed by atoms with Crippen LogP contribution in [0.3, 0.4) is 0 Å². The lowest BCUT2D eigenvalue weighted by molar-refractivity contribution is -0.137. The normalized spacial score (nSPS) is 26.3. The van der Waals surface area contributed by atoms with E-state index >= 15 is 0 Å². The predicted octanol–water partition coefficient (Wildman–Crippen LogP) is 1.24. The fraction of sp³-hybridized carbons (Fsp3) is 0.455. The first-order chi connectivity index (χ1) is 8.67. The molecule has 1 saturated heterocycles. The number of halogens is 3. The molecule has 1 N–H and O–H groups in total. The number of aliphatic hydroxyl groups excluding tert-OH is 1. The Balaban J connectivity index is 2.09. The molecule has 2 unspecified atom stereocenters. The molecule has 106 valence electrons. The van der Waals surface area contributed by atoms with Crippen LogP contribution in [-0.2, 0) is 16.0 Å². The van der Waals surface area contributed by atoms with Crippen molar-refractivity contribution in [1.82, 2.24) is 0 Å². The lowest BCUT2D eigenvalue weighted by Crippen LogP contribution is -2.29. The minimum absolute atomic E-state index is 0.0918. The molecule has 1 aromatic carbocycles. The largest absolute Gasteiger partial charge is 0.487 e. The van der Waals surface area contributed by atoms with Gasteiger partial charge in [0.1, 0.15) is 18.0 Å². The van der Waals surface area contributed by atoms with Gasteiger partial charge in [-0.2, -0.15) is 13.2 Å². The van der Waals surface area contributed by atoms with E-state index in [2.05, 4.69) is 0 Å². The van der Waals surface area contributed by atoms with Crippen LogP contribution in [0.2, 0.25) is 0 Å². The molecule has 2 atom stereocenters. The molecule has 1 fully saturated rings. The van der Waals surface area contributed by atoms with Crippen LogP contribution < -0.4 is 4.74 Å². The van der Waals surface area contributed by atoms with Crippen LogP contribution in [-0.4, -0.2) is 37.2 Å². The molecule has 1 heterocycles. The van der Waals surface area contributed by atoms with Gasteiger partial charge in [0.15, 0.2) is 9.84 Å². The third-order valence-electron chi connectivity index (χ3n) is 2.74. The minimum atomic E-state index is -4.44. The minimum Gasteiger partial charge on any atom is -0.487 e. The second-order valence-corrected chi connectivity index (χ2v) is 6.48. The first-order valence-corrected chi connectivity index (χ1v) is 7.22. The van der Waals surface area contributed by atoms with Crippen molar-refractivity contribution in [2.24, 2.45) is 0 Å². The van der Waals surface area contributed by atoms with Crippen molar-refractivity contribution in [3.63, 3.8) is 0 Å². The van der Waals surface area contributed by atoms with Crippen LogP contribution in [0, 0.1) is 0 Å². The molecule has 19 heavy (non-hydrogen) atoms. The zero-order valence-corrected chi connectivity index (χ0v) is 10.4. The molecule has 0 bridgehead atoms. The van der Waals surface area contributed by atoms with Crippen molar-refractivity contribution in [1.29, 1.82) is 0 Å². The smallest absolute Gasteiger partial charge is 0.416 e. The van der Waals surface area contributed by atoms with E-state index in [1.54, 1.807) is 0 Å². The summed E-state index contributed by atoms with van der Waals surface area (Å²) in [5.74, 6) is -0.637. The van der Waals surface area contributed by atoms with Crippen molar-refractivity contribution >= 4 is 9.84 Å². The summed E-state index contributed by atoms with van der Waals surface area (Å²) >= 11 is 0. The highest BCUT2D eigenvalue weighted by Crippen LogP contribution is 2.30. The van der Waals surface area contributed by atoms with E-state index in [9.17, 15) is 26.7 Å². The number of hydrogen-bond acceptors (Lipinski definition) is 4. The monoisotopic (exact) mass is 296 g/mol. The fourth-order valence-corrected chi connectivity index (χ4v) is 3.47. The maximum Gasteiger partial charge on any atom is 0.416 e. The van der Waals surface area contributed by atoms with Crippen LogP contribution in [0.4, 0.5) is 13.2 Å². The Morgan fingerprint density at radius 3 is 2.16 bits per heavy atom. The Kier molecular flexibility index (Phi) is 3.48. The summed E-state index contributed by atoms with van der Waals surface area (Å²) in [5.41, 5.74) is -0.820. The van der Waals surface area contributed by atoms with Gasteiger partial charge in [-0.3, -0.25) is 0 Å². The fourth-order valence-electron chi connectivity index (χ4n) is 1.81. The number of hydrogen-bond donors (Lipinski definition) is 1. The van der Waals surface area contributed by atoms with Crippen LogP contribution in [0.25, 0.3) is 0 Å². The second kappa shape index (κ2) is 4.68. The van der Waals surface area contributed by atoms with E-state index < -0.39 is 39.5 Å². The van der Waals surface area contributed by atoms with Crippen molar-refractivity contribution < 1.29 is 31.4 Å². The lowest BCUT2D eigenvalue weighted by Gasteiger charge is -2.16. The Labute approximate surface area is 107 Å². The summed E-state index contributed by atoms with van der Waals surface area (Å²) in [7, 11) is -3.35. The van der Waals surface area contributed by atoms with Gasteiger partial charge in [0.2, 0.25) is 0 Å². The highest BCUT2D eigenvalue weighted by molar-refractivity contribution is 7.91. The second-order valence-electron chi connectivity index (χ2n) is 4.32. The molecule has 0 aromatic heterocycles. The van der Waals surface area contributed by atoms with E-state index in [1.807, 2.05) is 0 Å². The third-order valence-corrected chi connectivity index (χ3v) is 4.43. The van der Waals surface area contributed by atoms with Crippen LogP contribution in [0.15, 0.2) is 24.3 Å². The van der Waals surface area contributed by atoms with E-state index in [0.717, 1.165) is 24.3 Å². The molecule has 0 radical (unpaired) electrons. The first-order valence-electron chi connectivity index (χ1n) is 5.40. The molecule has 0 saturated carbocycles. The number of aliphatic hydroxyl groups is 1.